The van der Waals surface area contributed by atoms with Crippen molar-refractivity contribution in [1.29, 1.82) is 5.26 Å². The van der Waals surface area contributed by atoms with Gasteiger partial charge in [-0.15, -0.1) is 0 Å². The van der Waals surface area contributed by atoms with E-state index in [1.807, 2.05) is 6.07 Å². The molecular weight excluding hydrogens is 354 g/mol. The van der Waals surface area contributed by atoms with Crippen LogP contribution in [0.25, 0.3) is 0 Å². The Balaban J connectivity index is 2.23. The van der Waals surface area contributed by atoms with Gasteiger partial charge in [-0.1, -0.05) is 0 Å². The summed E-state index contributed by atoms with van der Waals surface area (Å²) in [7, 11) is -2.16. The van der Waals surface area contributed by atoms with Crippen LogP contribution in [0.4, 0.5) is 5.69 Å². The van der Waals surface area contributed by atoms with E-state index in [1.165, 1.54) is 37.4 Å². The Morgan fingerprint density at radius 2 is 1.81 bits per heavy atom. The number of ether oxygens (including phenoxy) is 1. The summed E-state index contributed by atoms with van der Waals surface area (Å²) in [6, 6.07) is 12.0. The molecule has 2 aromatic carbocycles. The Labute approximate surface area is 152 Å². The second-order valence-electron chi connectivity index (χ2n) is 5.78. The number of hydrogen-bond donors (Lipinski definition) is 2. The van der Waals surface area contributed by atoms with Crippen LogP contribution in [0.2, 0.25) is 0 Å². The fourth-order valence-corrected chi connectivity index (χ4v) is 3.48. The van der Waals surface area contributed by atoms with Crippen LogP contribution in [0.15, 0.2) is 47.4 Å². The van der Waals surface area contributed by atoms with E-state index >= 15 is 0 Å². The normalized spacial score (nSPS) is 11.0. The molecule has 136 valence electrons. The number of carbonyl (C=O) groups is 1. The zero-order valence-corrected chi connectivity index (χ0v) is 15.4. The van der Waals surface area contributed by atoms with E-state index in [9.17, 15) is 13.2 Å². The van der Waals surface area contributed by atoms with E-state index < -0.39 is 15.9 Å². The summed E-state index contributed by atoms with van der Waals surface area (Å²) in [6.07, 6.45) is 0. The van der Waals surface area contributed by atoms with E-state index in [4.69, 9.17) is 10.00 Å². The molecule has 0 saturated carbocycles. The summed E-state index contributed by atoms with van der Waals surface area (Å²) in [5.41, 5.74) is 1.01. The first kappa shape index (κ1) is 19.4. The van der Waals surface area contributed by atoms with E-state index in [0.717, 1.165) is 0 Å². The molecule has 2 rings (SSSR count). The minimum Gasteiger partial charge on any atom is -0.495 e. The molecule has 0 fully saturated rings. The quantitative estimate of drug-likeness (QED) is 0.809. The lowest BCUT2D eigenvalue weighted by Gasteiger charge is -2.12. The molecule has 0 atom stereocenters. The second kappa shape index (κ2) is 7.99. The maximum Gasteiger partial charge on any atom is 0.255 e. The number of methoxy groups -OCH3 is 1. The third-order valence-electron chi connectivity index (χ3n) is 3.39. The van der Waals surface area contributed by atoms with Crippen molar-refractivity contribution in [3.05, 3.63) is 53.6 Å². The van der Waals surface area contributed by atoms with Crippen LogP contribution < -0.4 is 14.8 Å². The number of nitriles is 1. The van der Waals surface area contributed by atoms with Crippen LogP contribution in [0, 0.1) is 11.3 Å². The monoisotopic (exact) mass is 373 g/mol. The first-order chi connectivity index (χ1) is 12.3. The summed E-state index contributed by atoms with van der Waals surface area (Å²) >= 11 is 0. The van der Waals surface area contributed by atoms with Crippen molar-refractivity contribution >= 4 is 21.6 Å². The largest absolute Gasteiger partial charge is 0.495 e. The van der Waals surface area contributed by atoms with Gasteiger partial charge >= 0.3 is 0 Å². The van der Waals surface area contributed by atoms with Gasteiger partial charge in [0, 0.05) is 11.6 Å². The van der Waals surface area contributed by atoms with Gasteiger partial charge in [-0.05, 0) is 56.3 Å². The van der Waals surface area contributed by atoms with Crippen molar-refractivity contribution in [2.45, 2.75) is 24.8 Å². The van der Waals surface area contributed by atoms with Gasteiger partial charge in [-0.2, -0.15) is 5.26 Å². The highest BCUT2D eigenvalue weighted by atomic mass is 32.2. The number of nitrogens with zero attached hydrogens (tertiary/aromatic N) is 1. The van der Waals surface area contributed by atoms with Crippen molar-refractivity contribution in [3.63, 3.8) is 0 Å². The maximum atomic E-state index is 12.4. The highest BCUT2D eigenvalue weighted by Gasteiger charge is 2.16. The topological polar surface area (TPSA) is 108 Å². The zero-order chi connectivity index (χ0) is 19.3. The van der Waals surface area contributed by atoms with Crippen LogP contribution in [0.1, 0.15) is 29.8 Å². The molecule has 0 aliphatic rings. The van der Waals surface area contributed by atoms with Gasteiger partial charge in [-0.25, -0.2) is 13.1 Å². The molecule has 0 radical (unpaired) electrons. The van der Waals surface area contributed by atoms with E-state index in [2.05, 4.69) is 10.0 Å². The number of anilines is 1. The first-order valence-electron chi connectivity index (χ1n) is 7.78. The molecule has 2 N–H and O–H groups in total. The molecule has 0 aliphatic carbocycles. The molecule has 0 spiro atoms. The van der Waals surface area contributed by atoms with Gasteiger partial charge < -0.3 is 10.1 Å². The van der Waals surface area contributed by atoms with Gasteiger partial charge in [0.15, 0.2) is 0 Å². The molecule has 0 saturated heterocycles. The van der Waals surface area contributed by atoms with Gasteiger partial charge in [-0.3, -0.25) is 4.79 Å². The van der Waals surface area contributed by atoms with Crippen molar-refractivity contribution in [2.75, 3.05) is 12.4 Å². The summed E-state index contributed by atoms with van der Waals surface area (Å²) in [5.74, 6) is -0.0307. The highest BCUT2D eigenvalue weighted by Crippen LogP contribution is 2.26. The number of rotatable bonds is 6. The Bertz CT molecular complexity index is 945. The molecule has 8 heteroatoms. The van der Waals surface area contributed by atoms with E-state index in [0.29, 0.717) is 17.0 Å². The Kier molecular flexibility index (Phi) is 5.97. The molecule has 0 aliphatic heterocycles. The minimum absolute atomic E-state index is 0.0757. The molecule has 0 aromatic heterocycles. The van der Waals surface area contributed by atoms with Crippen molar-refractivity contribution < 1.29 is 17.9 Å². The number of carbonyl (C=O) groups excluding carboxylic acids is 1. The molecular formula is C18H19N3O4S. The van der Waals surface area contributed by atoms with Gasteiger partial charge in [0.2, 0.25) is 10.0 Å². The van der Waals surface area contributed by atoms with Gasteiger partial charge in [0.05, 0.1) is 29.3 Å². The molecule has 7 nitrogen and oxygen atoms in total. The smallest absolute Gasteiger partial charge is 0.255 e. The fourth-order valence-electron chi connectivity index (χ4n) is 2.23. The zero-order valence-electron chi connectivity index (χ0n) is 14.6. The molecule has 0 bridgehead atoms. The summed E-state index contributed by atoms with van der Waals surface area (Å²) in [5, 5.41) is 11.6. The lowest BCUT2D eigenvalue weighted by molar-refractivity contribution is 0.102. The van der Waals surface area contributed by atoms with Crippen LogP contribution in [0.3, 0.4) is 0 Å². The second-order valence-corrected chi connectivity index (χ2v) is 7.50. The van der Waals surface area contributed by atoms with Crippen molar-refractivity contribution in [1.82, 2.24) is 4.72 Å². The van der Waals surface area contributed by atoms with Crippen LogP contribution >= 0.6 is 0 Å². The average molecular weight is 373 g/mol. The number of hydrogen-bond acceptors (Lipinski definition) is 5. The van der Waals surface area contributed by atoms with Crippen molar-refractivity contribution in [2.24, 2.45) is 0 Å². The molecule has 26 heavy (non-hydrogen) atoms. The lowest BCUT2D eigenvalue weighted by atomic mass is 10.1. The van der Waals surface area contributed by atoms with Crippen LogP contribution in [0.5, 0.6) is 5.75 Å². The average Bonchev–Trinajstić information content (AvgIpc) is 2.60. The Hall–Kier alpha value is -2.89. The number of nitrogens with one attached hydrogen (secondary N) is 2. The molecule has 2 aromatic rings. The predicted octanol–water partition coefficient (Wildman–Crippen LogP) is 2.51. The van der Waals surface area contributed by atoms with Crippen LogP contribution in [-0.2, 0) is 10.0 Å². The SMILES string of the molecule is COc1ccc(C#N)cc1NC(=O)c1ccc(S(=O)(=O)NC(C)C)cc1. The molecule has 1 amide bonds. The standard InChI is InChI=1S/C18H19N3O4S/c1-12(2)21-26(23,24)15-7-5-14(6-8-15)18(22)20-16-10-13(11-19)4-9-17(16)25-3/h4-10,12,21H,1-3H3,(H,20,22). The Morgan fingerprint density at radius 3 is 2.35 bits per heavy atom. The van der Waals surface area contributed by atoms with Crippen LogP contribution in [-0.4, -0.2) is 27.5 Å². The number of sulfonamides is 1. The third-order valence-corrected chi connectivity index (χ3v) is 5.07. The first-order valence-corrected chi connectivity index (χ1v) is 9.27. The highest BCUT2D eigenvalue weighted by molar-refractivity contribution is 7.89. The lowest BCUT2D eigenvalue weighted by Crippen LogP contribution is -2.30. The summed E-state index contributed by atoms with van der Waals surface area (Å²) in [4.78, 5) is 12.5. The Morgan fingerprint density at radius 1 is 1.15 bits per heavy atom. The fraction of sp³-hybridized carbons (Fsp3) is 0.222. The maximum absolute atomic E-state index is 12.4. The van der Waals surface area contributed by atoms with Gasteiger partial charge in [0.1, 0.15) is 5.75 Å². The minimum atomic E-state index is -3.62. The van der Waals surface area contributed by atoms with Crippen molar-refractivity contribution in [3.8, 4) is 11.8 Å². The third kappa shape index (κ3) is 4.59. The number of benzene rings is 2. The summed E-state index contributed by atoms with van der Waals surface area (Å²) in [6.45, 7) is 3.45. The molecule has 0 unspecified atom stereocenters. The van der Waals surface area contributed by atoms with E-state index in [-0.39, 0.29) is 16.5 Å². The predicted molar refractivity (Wildman–Crippen MR) is 97.6 cm³/mol. The molecule has 0 heterocycles. The van der Waals surface area contributed by atoms with Gasteiger partial charge in [0.25, 0.3) is 5.91 Å². The van der Waals surface area contributed by atoms with E-state index in [1.54, 1.807) is 26.0 Å². The number of amides is 1. The summed E-state index contributed by atoms with van der Waals surface area (Å²) < 4.78 is 31.9.